The number of hydrogen-bond acceptors (Lipinski definition) is 1. The predicted octanol–water partition coefficient (Wildman–Crippen LogP) is 6.08. The standard InChI is InChI=1S/C19H18BrN/c1-13-11-18(9-10-19(13)20)21-14(2)16-8-7-15-5-3-4-6-17(15)12-16/h3-12,14,21H,1-2H3. The summed E-state index contributed by atoms with van der Waals surface area (Å²) in [4.78, 5) is 0. The zero-order chi connectivity index (χ0) is 14.8. The topological polar surface area (TPSA) is 12.0 Å². The van der Waals surface area contributed by atoms with Crippen molar-refractivity contribution in [3.8, 4) is 0 Å². The second-order valence-electron chi connectivity index (χ2n) is 5.44. The molecule has 0 spiro atoms. The van der Waals surface area contributed by atoms with Crippen molar-refractivity contribution < 1.29 is 0 Å². The maximum atomic E-state index is 3.57. The van der Waals surface area contributed by atoms with E-state index in [1.165, 1.54) is 21.9 Å². The summed E-state index contributed by atoms with van der Waals surface area (Å²) in [5.41, 5.74) is 3.69. The van der Waals surface area contributed by atoms with Crippen molar-refractivity contribution in [2.24, 2.45) is 0 Å². The van der Waals surface area contributed by atoms with Gasteiger partial charge in [-0.25, -0.2) is 0 Å². The third-order valence-electron chi connectivity index (χ3n) is 3.81. The molecule has 1 nitrogen and oxygen atoms in total. The van der Waals surface area contributed by atoms with Gasteiger partial charge in [-0.2, -0.15) is 0 Å². The van der Waals surface area contributed by atoms with Crippen LogP contribution in [0.5, 0.6) is 0 Å². The molecule has 0 aliphatic carbocycles. The summed E-state index contributed by atoms with van der Waals surface area (Å²) in [5.74, 6) is 0. The van der Waals surface area contributed by atoms with E-state index in [1.54, 1.807) is 0 Å². The predicted molar refractivity (Wildman–Crippen MR) is 94.9 cm³/mol. The van der Waals surface area contributed by atoms with Crippen LogP contribution in [0, 0.1) is 6.92 Å². The number of benzene rings is 3. The maximum absolute atomic E-state index is 3.57. The lowest BCUT2D eigenvalue weighted by Gasteiger charge is -2.17. The molecule has 21 heavy (non-hydrogen) atoms. The first-order valence-electron chi connectivity index (χ1n) is 7.15. The Hall–Kier alpha value is -1.80. The van der Waals surface area contributed by atoms with Crippen LogP contribution in [0.3, 0.4) is 0 Å². The van der Waals surface area contributed by atoms with E-state index in [2.05, 4.69) is 95.8 Å². The molecule has 1 atom stereocenters. The van der Waals surface area contributed by atoms with Crippen molar-refractivity contribution in [1.82, 2.24) is 0 Å². The number of aryl methyl sites for hydroxylation is 1. The highest BCUT2D eigenvalue weighted by molar-refractivity contribution is 9.10. The van der Waals surface area contributed by atoms with Gasteiger partial charge >= 0.3 is 0 Å². The number of rotatable bonds is 3. The van der Waals surface area contributed by atoms with Gasteiger partial charge in [-0.3, -0.25) is 0 Å². The molecule has 0 bridgehead atoms. The molecule has 3 rings (SSSR count). The zero-order valence-corrected chi connectivity index (χ0v) is 13.8. The van der Waals surface area contributed by atoms with Crippen molar-refractivity contribution in [2.45, 2.75) is 19.9 Å². The molecule has 3 aromatic carbocycles. The Morgan fingerprint density at radius 2 is 1.67 bits per heavy atom. The van der Waals surface area contributed by atoms with Gasteiger partial charge in [0.1, 0.15) is 0 Å². The maximum Gasteiger partial charge on any atom is 0.0485 e. The molecule has 0 aliphatic heterocycles. The number of anilines is 1. The van der Waals surface area contributed by atoms with Crippen molar-refractivity contribution in [3.05, 3.63) is 76.3 Å². The van der Waals surface area contributed by atoms with Crippen LogP contribution in [-0.2, 0) is 0 Å². The summed E-state index contributed by atoms with van der Waals surface area (Å²) < 4.78 is 1.14. The van der Waals surface area contributed by atoms with Crippen LogP contribution in [0.15, 0.2) is 65.1 Å². The van der Waals surface area contributed by atoms with E-state index in [9.17, 15) is 0 Å². The Balaban J connectivity index is 1.85. The lowest BCUT2D eigenvalue weighted by molar-refractivity contribution is 0.886. The van der Waals surface area contributed by atoms with E-state index in [4.69, 9.17) is 0 Å². The smallest absolute Gasteiger partial charge is 0.0485 e. The van der Waals surface area contributed by atoms with Gasteiger partial charge in [-0.15, -0.1) is 0 Å². The summed E-state index contributed by atoms with van der Waals surface area (Å²) in [5, 5.41) is 6.14. The number of hydrogen-bond donors (Lipinski definition) is 1. The van der Waals surface area contributed by atoms with Gasteiger partial charge in [0.25, 0.3) is 0 Å². The monoisotopic (exact) mass is 339 g/mol. The van der Waals surface area contributed by atoms with Crippen LogP contribution in [0.4, 0.5) is 5.69 Å². The van der Waals surface area contributed by atoms with Gasteiger partial charge in [0.2, 0.25) is 0 Å². The molecular formula is C19H18BrN. The molecular weight excluding hydrogens is 322 g/mol. The summed E-state index contributed by atoms with van der Waals surface area (Å²) in [6.07, 6.45) is 0. The highest BCUT2D eigenvalue weighted by Crippen LogP contribution is 2.25. The normalized spacial score (nSPS) is 12.3. The van der Waals surface area contributed by atoms with Gasteiger partial charge in [-0.05, 0) is 60.0 Å². The average Bonchev–Trinajstić information content (AvgIpc) is 2.50. The van der Waals surface area contributed by atoms with E-state index in [1.807, 2.05) is 0 Å². The first kappa shape index (κ1) is 14.2. The molecule has 3 aromatic rings. The first-order chi connectivity index (χ1) is 10.1. The molecule has 0 heterocycles. The Morgan fingerprint density at radius 3 is 2.43 bits per heavy atom. The Kier molecular flexibility index (Phi) is 3.98. The summed E-state index contributed by atoms with van der Waals surface area (Å²) >= 11 is 3.54. The molecule has 1 unspecified atom stereocenters. The van der Waals surface area contributed by atoms with E-state index < -0.39 is 0 Å². The minimum absolute atomic E-state index is 0.273. The van der Waals surface area contributed by atoms with E-state index in [0.29, 0.717) is 0 Å². The second kappa shape index (κ2) is 5.90. The molecule has 0 saturated heterocycles. The zero-order valence-electron chi connectivity index (χ0n) is 12.2. The number of fused-ring (bicyclic) bond motifs is 1. The van der Waals surface area contributed by atoms with Crippen LogP contribution < -0.4 is 5.32 Å². The van der Waals surface area contributed by atoms with Crippen LogP contribution in [-0.4, -0.2) is 0 Å². The SMILES string of the molecule is Cc1cc(NC(C)c2ccc3ccccc3c2)ccc1Br. The van der Waals surface area contributed by atoms with Crippen molar-refractivity contribution >= 4 is 32.4 Å². The largest absolute Gasteiger partial charge is 0.379 e. The molecule has 0 amide bonds. The highest BCUT2D eigenvalue weighted by atomic mass is 79.9. The third kappa shape index (κ3) is 3.11. The van der Waals surface area contributed by atoms with Crippen molar-refractivity contribution in [3.63, 3.8) is 0 Å². The minimum Gasteiger partial charge on any atom is -0.379 e. The van der Waals surface area contributed by atoms with E-state index >= 15 is 0 Å². The van der Waals surface area contributed by atoms with Crippen molar-refractivity contribution in [2.75, 3.05) is 5.32 Å². The minimum atomic E-state index is 0.273. The number of nitrogens with one attached hydrogen (secondary N) is 1. The second-order valence-corrected chi connectivity index (χ2v) is 6.29. The fourth-order valence-corrected chi connectivity index (χ4v) is 2.79. The van der Waals surface area contributed by atoms with Gasteiger partial charge < -0.3 is 5.32 Å². The van der Waals surface area contributed by atoms with Gasteiger partial charge in [-0.1, -0.05) is 52.3 Å². The highest BCUT2D eigenvalue weighted by Gasteiger charge is 2.07. The van der Waals surface area contributed by atoms with Gasteiger partial charge in [0.05, 0.1) is 0 Å². The summed E-state index contributed by atoms with van der Waals surface area (Å²) in [6, 6.07) is 21.8. The lowest BCUT2D eigenvalue weighted by Crippen LogP contribution is -2.06. The summed E-state index contributed by atoms with van der Waals surface area (Å²) in [6.45, 7) is 4.30. The van der Waals surface area contributed by atoms with Crippen LogP contribution >= 0.6 is 15.9 Å². The fourth-order valence-electron chi connectivity index (χ4n) is 2.54. The lowest BCUT2D eigenvalue weighted by atomic mass is 10.0. The van der Waals surface area contributed by atoms with Crippen LogP contribution in [0.25, 0.3) is 10.8 Å². The molecule has 0 saturated carbocycles. The average molecular weight is 340 g/mol. The van der Waals surface area contributed by atoms with Crippen LogP contribution in [0.2, 0.25) is 0 Å². The third-order valence-corrected chi connectivity index (χ3v) is 4.70. The molecule has 0 aliphatic rings. The Bertz CT molecular complexity index is 779. The molecule has 2 heteroatoms. The fraction of sp³-hybridized carbons (Fsp3) is 0.158. The molecule has 1 N–H and O–H groups in total. The van der Waals surface area contributed by atoms with Crippen LogP contribution in [0.1, 0.15) is 24.1 Å². The van der Waals surface area contributed by atoms with E-state index in [-0.39, 0.29) is 6.04 Å². The Morgan fingerprint density at radius 1 is 0.905 bits per heavy atom. The number of halogens is 1. The molecule has 106 valence electrons. The Labute approximate surface area is 134 Å². The van der Waals surface area contributed by atoms with E-state index in [0.717, 1.165) is 10.2 Å². The quantitative estimate of drug-likeness (QED) is 0.609. The first-order valence-corrected chi connectivity index (χ1v) is 7.94. The van der Waals surface area contributed by atoms with Crippen molar-refractivity contribution in [1.29, 1.82) is 0 Å². The van der Waals surface area contributed by atoms with Gasteiger partial charge in [0, 0.05) is 16.2 Å². The molecule has 0 fully saturated rings. The summed E-state index contributed by atoms with van der Waals surface area (Å²) in [7, 11) is 0. The van der Waals surface area contributed by atoms with Gasteiger partial charge in [0.15, 0.2) is 0 Å². The molecule has 0 radical (unpaired) electrons. The molecule has 0 aromatic heterocycles.